The summed E-state index contributed by atoms with van der Waals surface area (Å²) in [6.07, 6.45) is 8.35. The van der Waals surface area contributed by atoms with Crippen molar-refractivity contribution in [3.63, 3.8) is 0 Å². The number of halogens is 2. The van der Waals surface area contributed by atoms with Crippen molar-refractivity contribution in [3.8, 4) is 0 Å². The molecule has 1 aliphatic carbocycles. The van der Waals surface area contributed by atoms with Crippen molar-refractivity contribution >= 4 is 23.2 Å². The largest absolute Gasteiger partial charge is 0.306 e. The normalized spacial score (nSPS) is 28.3. The first-order valence-electron chi connectivity index (χ1n) is 6.54. The third-order valence-corrected chi connectivity index (χ3v) is 4.71. The molecule has 0 aromatic carbocycles. The van der Waals surface area contributed by atoms with Crippen molar-refractivity contribution in [1.29, 1.82) is 0 Å². The van der Waals surface area contributed by atoms with Crippen LogP contribution < -0.4 is 5.32 Å². The highest BCUT2D eigenvalue weighted by atomic mass is 35.5. The molecule has 1 fully saturated rings. The smallest absolute Gasteiger partial charge is 0.0634 e. The number of hydrogen-bond acceptors (Lipinski definition) is 2. The summed E-state index contributed by atoms with van der Waals surface area (Å²) in [5, 5.41) is 4.35. The maximum absolute atomic E-state index is 6.20. The molecular formula is C14H20Cl2N2. The Balaban J connectivity index is 2.01. The van der Waals surface area contributed by atoms with Crippen LogP contribution in [0.4, 0.5) is 0 Å². The fourth-order valence-corrected chi connectivity index (χ4v) is 3.34. The quantitative estimate of drug-likeness (QED) is 0.846. The Morgan fingerprint density at radius 1 is 1.56 bits per heavy atom. The number of aromatic nitrogens is 1. The fraction of sp³-hybridized carbons (Fsp3) is 0.643. The third kappa shape index (κ3) is 3.37. The second-order valence-corrected chi connectivity index (χ2v) is 6.11. The van der Waals surface area contributed by atoms with Crippen LogP contribution in [0.5, 0.6) is 0 Å². The van der Waals surface area contributed by atoms with Crippen LogP contribution in [0, 0.1) is 5.92 Å². The Kier molecular flexibility index (Phi) is 4.88. The lowest BCUT2D eigenvalue weighted by molar-refractivity contribution is 0.207. The van der Waals surface area contributed by atoms with Gasteiger partial charge in [0.05, 0.1) is 5.02 Å². The molecule has 2 unspecified atom stereocenters. The molecule has 1 saturated carbocycles. The maximum atomic E-state index is 6.20. The average Bonchev–Trinajstić information content (AvgIpc) is 2.38. The zero-order valence-electron chi connectivity index (χ0n) is 10.8. The lowest BCUT2D eigenvalue weighted by atomic mass is 9.77. The molecule has 0 bridgehead atoms. The van der Waals surface area contributed by atoms with Crippen LogP contribution in [0.3, 0.4) is 0 Å². The summed E-state index contributed by atoms with van der Waals surface area (Å²) in [6.45, 7) is 3.07. The van der Waals surface area contributed by atoms with E-state index in [0.717, 1.165) is 35.9 Å². The lowest BCUT2D eigenvalue weighted by Gasteiger charge is -2.39. The van der Waals surface area contributed by atoms with Gasteiger partial charge in [-0.3, -0.25) is 4.98 Å². The number of hydrogen-bond donors (Lipinski definition) is 1. The Hall–Kier alpha value is -0.310. The number of pyridine rings is 1. The first kappa shape index (κ1) is 14.1. The minimum atomic E-state index is 0.0752. The average molecular weight is 287 g/mol. The monoisotopic (exact) mass is 286 g/mol. The van der Waals surface area contributed by atoms with E-state index in [1.54, 1.807) is 12.4 Å². The van der Waals surface area contributed by atoms with E-state index in [-0.39, 0.29) is 5.54 Å². The molecule has 0 radical (unpaired) electrons. The van der Waals surface area contributed by atoms with Crippen LogP contribution in [0.2, 0.25) is 5.02 Å². The topological polar surface area (TPSA) is 24.9 Å². The third-order valence-electron chi connectivity index (χ3n) is 3.86. The summed E-state index contributed by atoms with van der Waals surface area (Å²) >= 11 is 12.3. The Labute approximate surface area is 119 Å². The van der Waals surface area contributed by atoms with E-state index in [9.17, 15) is 0 Å². The van der Waals surface area contributed by atoms with Crippen LogP contribution in [0.1, 0.15) is 38.2 Å². The molecule has 18 heavy (non-hydrogen) atoms. The molecule has 0 amide bonds. The lowest BCUT2D eigenvalue weighted by Crippen LogP contribution is -2.49. The van der Waals surface area contributed by atoms with Crippen LogP contribution in [-0.4, -0.2) is 16.4 Å². The maximum Gasteiger partial charge on any atom is 0.0634 e. The van der Waals surface area contributed by atoms with Crippen LogP contribution in [0.15, 0.2) is 18.5 Å². The molecule has 1 aliphatic rings. The number of rotatable bonds is 4. The van der Waals surface area contributed by atoms with Gasteiger partial charge in [-0.15, -0.1) is 11.6 Å². The zero-order chi connectivity index (χ0) is 13.0. The number of nitrogens with one attached hydrogen (secondary N) is 1. The van der Waals surface area contributed by atoms with Crippen molar-refractivity contribution in [2.24, 2.45) is 5.92 Å². The fourth-order valence-electron chi connectivity index (χ4n) is 2.82. The van der Waals surface area contributed by atoms with E-state index >= 15 is 0 Å². The van der Waals surface area contributed by atoms with Gasteiger partial charge in [0.25, 0.3) is 0 Å². The van der Waals surface area contributed by atoms with Crippen LogP contribution in [-0.2, 0) is 6.54 Å². The molecule has 1 aromatic rings. The van der Waals surface area contributed by atoms with Gasteiger partial charge >= 0.3 is 0 Å². The highest BCUT2D eigenvalue weighted by Gasteiger charge is 2.33. The van der Waals surface area contributed by atoms with Gasteiger partial charge in [0.1, 0.15) is 0 Å². The van der Waals surface area contributed by atoms with Gasteiger partial charge < -0.3 is 5.32 Å². The first-order chi connectivity index (χ1) is 8.65. The van der Waals surface area contributed by atoms with Crippen molar-refractivity contribution < 1.29 is 0 Å². The second-order valence-electron chi connectivity index (χ2n) is 5.44. The molecule has 0 aliphatic heterocycles. The van der Waals surface area contributed by atoms with Gasteiger partial charge in [-0.1, -0.05) is 31.4 Å². The Morgan fingerprint density at radius 3 is 3.06 bits per heavy atom. The standard InChI is InChI=1S/C14H20Cl2N2/c1-11-3-2-5-14(7-11,10-15)18-8-12-4-6-17-9-13(12)16/h4,6,9,11,18H,2-3,5,7-8,10H2,1H3. The highest BCUT2D eigenvalue weighted by Crippen LogP contribution is 2.33. The van der Waals surface area contributed by atoms with Gasteiger partial charge in [0.15, 0.2) is 0 Å². The highest BCUT2D eigenvalue weighted by molar-refractivity contribution is 6.31. The number of nitrogens with zero attached hydrogens (tertiary/aromatic N) is 1. The molecule has 2 atom stereocenters. The predicted molar refractivity (Wildman–Crippen MR) is 77.2 cm³/mol. The van der Waals surface area contributed by atoms with Gasteiger partial charge in [-0.25, -0.2) is 0 Å². The molecule has 0 spiro atoms. The molecule has 1 N–H and O–H groups in total. The Morgan fingerprint density at radius 2 is 2.39 bits per heavy atom. The van der Waals surface area contributed by atoms with Gasteiger partial charge in [-0.05, 0) is 30.4 Å². The van der Waals surface area contributed by atoms with Gasteiger partial charge in [-0.2, -0.15) is 0 Å². The van der Waals surface area contributed by atoms with Crippen LogP contribution >= 0.6 is 23.2 Å². The number of alkyl halides is 1. The van der Waals surface area contributed by atoms with Crippen molar-refractivity contribution in [1.82, 2.24) is 10.3 Å². The summed E-state index contributed by atoms with van der Waals surface area (Å²) in [5.74, 6) is 1.41. The minimum Gasteiger partial charge on any atom is -0.306 e. The summed E-state index contributed by atoms with van der Waals surface area (Å²) in [5.41, 5.74) is 1.17. The summed E-state index contributed by atoms with van der Waals surface area (Å²) in [4.78, 5) is 4.00. The molecular weight excluding hydrogens is 267 g/mol. The second kappa shape index (κ2) is 6.23. The molecule has 2 nitrogen and oxygen atoms in total. The van der Waals surface area contributed by atoms with E-state index in [0.29, 0.717) is 5.88 Å². The van der Waals surface area contributed by atoms with Gasteiger partial charge in [0, 0.05) is 30.4 Å². The van der Waals surface area contributed by atoms with Crippen LogP contribution in [0.25, 0.3) is 0 Å². The molecule has 4 heteroatoms. The van der Waals surface area contributed by atoms with E-state index in [4.69, 9.17) is 23.2 Å². The summed E-state index contributed by atoms with van der Waals surface area (Å²) in [7, 11) is 0. The van der Waals surface area contributed by atoms with E-state index in [1.165, 1.54) is 12.8 Å². The Bertz CT molecular complexity index is 397. The molecule has 1 aromatic heterocycles. The molecule has 100 valence electrons. The van der Waals surface area contributed by atoms with Crippen molar-refractivity contribution in [3.05, 3.63) is 29.0 Å². The molecule has 0 saturated heterocycles. The minimum absolute atomic E-state index is 0.0752. The summed E-state index contributed by atoms with van der Waals surface area (Å²) < 4.78 is 0. The van der Waals surface area contributed by atoms with E-state index in [2.05, 4.69) is 17.2 Å². The predicted octanol–water partition coefficient (Wildman–Crippen LogP) is 4.01. The van der Waals surface area contributed by atoms with Crippen molar-refractivity contribution in [2.45, 2.75) is 44.7 Å². The summed E-state index contributed by atoms with van der Waals surface area (Å²) in [6, 6.07) is 1.96. The molecule has 1 heterocycles. The van der Waals surface area contributed by atoms with Gasteiger partial charge in [0.2, 0.25) is 0 Å². The SMILES string of the molecule is CC1CCCC(CCl)(NCc2ccncc2Cl)C1. The molecule has 2 rings (SSSR count). The first-order valence-corrected chi connectivity index (χ1v) is 7.46. The van der Waals surface area contributed by atoms with Crippen molar-refractivity contribution in [2.75, 3.05) is 5.88 Å². The van der Waals surface area contributed by atoms with E-state index < -0.39 is 0 Å². The zero-order valence-corrected chi connectivity index (χ0v) is 12.3. The van der Waals surface area contributed by atoms with E-state index in [1.807, 2.05) is 6.07 Å².